The molecule has 1 aromatic heterocycles. The molecule has 144 valence electrons. The fourth-order valence-electron chi connectivity index (χ4n) is 2.44. The van der Waals surface area contributed by atoms with Crippen LogP contribution < -0.4 is 10.6 Å². The molecule has 6 heteroatoms. The zero-order valence-corrected chi connectivity index (χ0v) is 18.7. The van der Waals surface area contributed by atoms with Gasteiger partial charge in [0.2, 0.25) is 5.89 Å². The number of halogens is 1. The Morgan fingerprint density at radius 1 is 1.23 bits per heavy atom. The second-order valence-electron chi connectivity index (χ2n) is 7.55. The highest BCUT2D eigenvalue weighted by atomic mass is 127. The van der Waals surface area contributed by atoms with Gasteiger partial charge in [-0.3, -0.25) is 4.99 Å². The molecule has 0 bridgehead atoms. The van der Waals surface area contributed by atoms with Crippen LogP contribution in [-0.4, -0.2) is 24.0 Å². The predicted octanol–water partition coefficient (Wildman–Crippen LogP) is 4.84. The summed E-state index contributed by atoms with van der Waals surface area (Å²) in [6.45, 7) is 9.47. The quantitative estimate of drug-likeness (QED) is 0.361. The Morgan fingerprint density at radius 3 is 2.54 bits per heavy atom. The van der Waals surface area contributed by atoms with Crippen LogP contribution >= 0.6 is 24.0 Å². The van der Waals surface area contributed by atoms with Crippen LogP contribution in [0.3, 0.4) is 0 Å². The van der Waals surface area contributed by atoms with Crippen molar-refractivity contribution >= 4 is 29.9 Å². The first-order valence-corrected chi connectivity index (χ1v) is 8.85. The van der Waals surface area contributed by atoms with Crippen molar-refractivity contribution in [1.82, 2.24) is 15.6 Å². The molecule has 0 saturated carbocycles. The number of aliphatic imine (C=N–C) groups is 1. The van der Waals surface area contributed by atoms with E-state index < -0.39 is 0 Å². The van der Waals surface area contributed by atoms with Gasteiger partial charge in [0.15, 0.2) is 11.7 Å². The fourth-order valence-corrected chi connectivity index (χ4v) is 2.44. The summed E-state index contributed by atoms with van der Waals surface area (Å²) in [6, 6.07) is 10.3. The number of nitrogens with one attached hydrogen (secondary N) is 2. The van der Waals surface area contributed by atoms with Crippen molar-refractivity contribution in [3.63, 3.8) is 0 Å². The summed E-state index contributed by atoms with van der Waals surface area (Å²) < 4.78 is 5.81. The lowest BCUT2D eigenvalue weighted by Gasteiger charge is -2.22. The Hall–Kier alpha value is -1.57. The molecule has 2 aromatic rings. The molecule has 1 unspecified atom stereocenters. The van der Waals surface area contributed by atoms with E-state index in [9.17, 15) is 0 Å². The van der Waals surface area contributed by atoms with Gasteiger partial charge in [-0.25, -0.2) is 4.98 Å². The number of rotatable bonds is 6. The molecule has 1 heterocycles. The number of benzene rings is 1. The number of hydrogen-bond donors (Lipinski definition) is 2. The molecule has 1 atom stereocenters. The Labute approximate surface area is 174 Å². The van der Waals surface area contributed by atoms with E-state index in [1.54, 1.807) is 13.2 Å². The van der Waals surface area contributed by atoms with Crippen LogP contribution in [-0.2, 0) is 6.54 Å². The van der Waals surface area contributed by atoms with Gasteiger partial charge >= 0.3 is 0 Å². The lowest BCUT2D eigenvalue weighted by molar-refractivity contribution is 0.346. The third-order valence-electron chi connectivity index (χ3n) is 3.95. The topological polar surface area (TPSA) is 62.5 Å². The van der Waals surface area contributed by atoms with Gasteiger partial charge in [-0.1, -0.05) is 51.1 Å². The van der Waals surface area contributed by atoms with Gasteiger partial charge in [-0.05, 0) is 25.2 Å². The smallest absolute Gasteiger partial charge is 0.214 e. The second-order valence-corrected chi connectivity index (χ2v) is 7.55. The molecule has 0 aliphatic heterocycles. The van der Waals surface area contributed by atoms with Gasteiger partial charge in [0.1, 0.15) is 0 Å². The Kier molecular flexibility index (Phi) is 9.12. The van der Waals surface area contributed by atoms with Gasteiger partial charge in [-0.2, -0.15) is 0 Å². The Bertz CT molecular complexity index is 677. The van der Waals surface area contributed by atoms with Crippen LogP contribution in [0, 0.1) is 5.41 Å². The van der Waals surface area contributed by atoms with Crippen LogP contribution in [0.15, 0.2) is 45.9 Å². The largest absolute Gasteiger partial charge is 0.439 e. The van der Waals surface area contributed by atoms with Crippen molar-refractivity contribution < 1.29 is 4.42 Å². The summed E-state index contributed by atoms with van der Waals surface area (Å²) in [5.74, 6) is 2.18. The molecule has 0 amide bonds. The summed E-state index contributed by atoms with van der Waals surface area (Å²) in [4.78, 5) is 8.61. The molecule has 0 radical (unpaired) electrons. The van der Waals surface area contributed by atoms with Crippen LogP contribution in [0.5, 0.6) is 0 Å². The van der Waals surface area contributed by atoms with Gasteiger partial charge in [0.05, 0.1) is 12.7 Å². The van der Waals surface area contributed by atoms with Gasteiger partial charge in [-0.15, -0.1) is 24.0 Å². The number of aromatic nitrogens is 1. The molecule has 0 aliphatic rings. The maximum absolute atomic E-state index is 5.81. The van der Waals surface area contributed by atoms with E-state index in [-0.39, 0.29) is 24.0 Å². The SMILES string of the molecule is CN=C(NCc1ncc(-c2ccccc2)o1)NC(C)CCC(C)(C)C.I. The third kappa shape index (κ3) is 7.76. The minimum absolute atomic E-state index is 0. The molecule has 26 heavy (non-hydrogen) atoms. The van der Waals surface area contributed by atoms with E-state index in [4.69, 9.17) is 4.42 Å². The summed E-state index contributed by atoms with van der Waals surface area (Å²) >= 11 is 0. The van der Waals surface area contributed by atoms with Crippen molar-refractivity contribution in [2.75, 3.05) is 7.05 Å². The molecule has 0 spiro atoms. The van der Waals surface area contributed by atoms with Crippen molar-refractivity contribution in [1.29, 1.82) is 0 Å². The molecule has 1 aromatic carbocycles. The standard InChI is InChI=1S/C20H30N4O.HI/c1-15(11-12-20(2,3)4)24-19(21-5)23-14-18-22-13-17(25-18)16-9-7-6-8-10-16;/h6-10,13,15H,11-12,14H2,1-5H3,(H2,21,23,24);1H. The van der Waals surface area contributed by atoms with Crippen LogP contribution in [0.1, 0.15) is 46.4 Å². The van der Waals surface area contributed by atoms with Crippen LogP contribution in [0.2, 0.25) is 0 Å². The van der Waals surface area contributed by atoms with Crippen LogP contribution in [0.25, 0.3) is 11.3 Å². The fraction of sp³-hybridized carbons (Fsp3) is 0.500. The van der Waals surface area contributed by atoms with E-state index in [2.05, 4.69) is 48.3 Å². The van der Waals surface area contributed by atoms with Gasteiger partial charge < -0.3 is 15.1 Å². The minimum atomic E-state index is 0. The van der Waals surface area contributed by atoms with E-state index >= 15 is 0 Å². The molecule has 0 aliphatic carbocycles. The second kappa shape index (κ2) is 10.5. The van der Waals surface area contributed by atoms with E-state index in [0.29, 0.717) is 23.9 Å². The normalized spacial score (nSPS) is 13.0. The highest BCUT2D eigenvalue weighted by Gasteiger charge is 2.13. The molecular weight excluding hydrogens is 439 g/mol. The van der Waals surface area contributed by atoms with Gasteiger partial charge in [0, 0.05) is 18.7 Å². The van der Waals surface area contributed by atoms with Crippen molar-refractivity contribution in [2.24, 2.45) is 10.4 Å². The number of hydrogen-bond acceptors (Lipinski definition) is 3. The maximum Gasteiger partial charge on any atom is 0.214 e. The zero-order chi connectivity index (χ0) is 18.3. The first-order valence-electron chi connectivity index (χ1n) is 8.85. The third-order valence-corrected chi connectivity index (χ3v) is 3.95. The molecular formula is C20H31IN4O. The highest BCUT2D eigenvalue weighted by molar-refractivity contribution is 14.0. The Balaban J connectivity index is 0.00000338. The van der Waals surface area contributed by atoms with Crippen molar-refractivity contribution in [2.45, 2.75) is 53.1 Å². The molecule has 0 saturated heterocycles. The lowest BCUT2D eigenvalue weighted by atomic mass is 9.89. The Morgan fingerprint density at radius 2 is 1.92 bits per heavy atom. The van der Waals surface area contributed by atoms with Gasteiger partial charge in [0.25, 0.3) is 0 Å². The highest BCUT2D eigenvalue weighted by Crippen LogP contribution is 2.21. The average Bonchev–Trinajstić information content (AvgIpc) is 3.06. The predicted molar refractivity (Wildman–Crippen MR) is 119 cm³/mol. The molecule has 0 fully saturated rings. The molecule has 5 nitrogen and oxygen atoms in total. The summed E-state index contributed by atoms with van der Waals surface area (Å²) in [6.07, 6.45) is 4.02. The first kappa shape index (κ1) is 22.5. The first-order chi connectivity index (χ1) is 11.9. The van der Waals surface area contributed by atoms with E-state index in [0.717, 1.165) is 23.7 Å². The van der Waals surface area contributed by atoms with E-state index in [1.807, 2.05) is 30.3 Å². The lowest BCUT2D eigenvalue weighted by Crippen LogP contribution is -2.42. The maximum atomic E-state index is 5.81. The average molecular weight is 470 g/mol. The van der Waals surface area contributed by atoms with Crippen molar-refractivity contribution in [3.8, 4) is 11.3 Å². The summed E-state index contributed by atoms with van der Waals surface area (Å²) in [7, 11) is 1.77. The molecule has 2 rings (SSSR count). The van der Waals surface area contributed by atoms with Crippen molar-refractivity contribution in [3.05, 3.63) is 42.4 Å². The monoisotopic (exact) mass is 470 g/mol. The number of guanidine groups is 1. The minimum Gasteiger partial charge on any atom is -0.439 e. The van der Waals surface area contributed by atoms with Crippen LogP contribution in [0.4, 0.5) is 0 Å². The molecule has 2 N–H and O–H groups in total. The number of nitrogens with zero attached hydrogens (tertiary/aromatic N) is 2. The number of oxazole rings is 1. The zero-order valence-electron chi connectivity index (χ0n) is 16.4. The van der Waals surface area contributed by atoms with E-state index in [1.165, 1.54) is 6.42 Å². The summed E-state index contributed by atoms with van der Waals surface area (Å²) in [5.41, 5.74) is 1.37. The summed E-state index contributed by atoms with van der Waals surface area (Å²) in [5, 5.41) is 6.68.